The maximum atomic E-state index is 13.4. The lowest BCUT2D eigenvalue weighted by Gasteiger charge is -2.38. The maximum Gasteiger partial charge on any atom is 0.412 e. The normalized spacial score (nSPS) is 20.1. The maximum absolute atomic E-state index is 13.4. The summed E-state index contributed by atoms with van der Waals surface area (Å²) in [6.45, 7) is 1.95. The van der Waals surface area contributed by atoms with Gasteiger partial charge in [0, 0.05) is 5.92 Å². The summed E-state index contributed by atoms with van der Waals surface area (Å²) in [6, 6.07) is 4.03. The van der Waals surface area contributed by atoms with Crippen LogP contribution in [0.25, 0.3) is 0 Å². The summed E-state index contributed by atoms with van der Waals surface area (Å²) in [5.74, 6) is 0.0502. The summed E-state index contributed by atoms with van der Waals surface area (Å²) in [5.41, 5.74) is 3.13. The van der Waals surface area contributed by atoms with Gasteiger partial charge in [-0.3, -0.25) is 9.69 Å². The minimum atomic E-state index is -4.76. The average Bonchev–Trinajstić information content (AvgIpc) is 3.42. The third-order valence-electron chi connectivity index (χ3n) is 5.55. The molecule has 3 rings (SSSR count). The van der Waals surface area contributed by atoms with Crippen molar-refractivity contribution in [3.8, 4) is 5.75 Å². The van der Waals surface area contributed by atoms with Gasteiger partial charge in [0.15, 0.2) is 0 Å². The van der Waals surface area contributed by atoms with Gasteiger partial charge in [-0.25, -0.2) is 4.79 Å². The highest BCUT2D eigenvalue weighted by atomic mass is 19.4. The van der Waals surface area contributed by atoms with Crippen molar-refractivity contribution >= 4 is 23.4 Å². The second-order valence-electron chi connectivity index (χ2n) is 8.06. The SMILES string of the molecule is CC(C)(N(C(=O)O)c1ccc2c(c1)NC[C@H](C[C@@H](C(N)=O)C1CC1)O2)C(F)(F)F. The number of carbonyl (C=O) groups excluding carboxylic acids is 1. The first-order valence-corrected chi connectivity index (χ1v) is 9.35. The number of hydrogen-bond donors (Lipinski definition) is 3. The highest BCUT2D eigenvalue weighted by molar-refractivity contribution is 5.89. The summed E-state index contributed by atoms with van der Waals surface area (Å²) < 4.78 is 46.1. The van der Waals surface area contributed by atoms with Crippen molar-refractivity contribution in [2.45, 2.75) is 50.9 Å². The molecule has 1 saturated carbocycles. The van der Waals surface area contributed by atoms with Gasteiger partial charge in [0.1, 0.15) is 17.4 Å². The molecule has 0 radical (unpaired) electrons. The molecule has 1 aromatic rings. The Kier molecular flexibility index (Phi) is 5.31. The van der Waals surface area contributed by atoms with E-state index in [9.17, 15) is 27.9 Å². The lowest BCUT2D eigenvalue weighted by atomic mass is 9.95. The van der Waals surface area contributed by atoms with Gasteiger partial charge in [0.05, 0.1) is 17.9 Å². The molecule has 1 aromatic carbocycles. The molecule has 1 fully saturated rings. The standard InChI is InChI=1S/C19H24F3N3O4/c1-18(2,19(20,21)22)25(17(27)28)11-5-6-15-14(7-11)24-9-12(29-15)8-13(16(23)26)10-3-4-10/h5-7,10,12-13,24H,3-4,8-9H2,1-2H3,(H2,23,26)(H,27,28)/t12-,13+/m0/s1. The molecule has 1 aliphatic carbocycles. The lowest BCUT2D eigenvalue weighted by Crippen LogP contribution is -2.57. The third kappa shape index (κ3) is 4.20. The van der Waals surface area contributed by atoms with Crippen molar-refractivity contribution in [2.75, 3.05) is 16.8 Å². The first kappa shape index (κ1) is 21.1. The van der Waals surface area contributed by atoms with Crippen molar-refractivity contribution in [3.63, 3.8) is 0 Å². The van der Waals surface area contributed by atoms with Gasteiger partial charge in [0.25, 0.3) is 0 Å². The molecule has 0 bridgehead atoms. The first-order chi connectivity index (χ1) is 13.4. The Morgan fingerprint density at radius 1 is 1.34 bits per heavy atom. The number of carbonyl (C=O) groups is 2. The van der Waals surface area contributed by atoms with Crippen LogP contribution in [0.5, 0.6) is 5.75 Å². The predicted octanol–water partition coefficient (Wildman–Crippen LogP) is 3.59. The fraction of sp³-hybridized carbons (Fsp3) is 0.579. The molecule has 1 aliphatic heterocycles. The van der Waals surface area contributed by atoms with Crippen LogP contribution >= 0.6 is 0 Å². The first-order valence-electron chi connectivity index (χ1n) is 9.35. The Hall–Kier alpha value is -2.65. The van der Waals surface area contributed by atoms with Crippen LogP contribution in [0.15, 0.2) is 18.2 Å². The van der Waals surface area contributed by atoms with E-state index in [2.05, 4.69) is 5.32 Å². The quantitative estimate of drug-likeness (QED) is 0.659. The molecule has 2 aliphatic rings. The zero-order chi connectivity index (χ0) is 21.6. The van der Waals surface area contributed by atoms with Crippen LogP contribution in [0.4, 0.5) is 29.3 Å². The number of amides is 2. The number of alkyl halides is 3. The Balaban J connectivity index is 1.80. The number of nitrogens with zero attached hydrogens (tertiary/aromatic N) is 1. The number of ether oxygens (including phenoxy) is 1. The molecular weight excluding hydrogens is 391 g/mol. The van der Waals surface area contributed by atoms with Crippen molar-refractivity contribution in [2.24, 2.45) is 17.6 Å². The van der Waals surface area contributed by atoms with E-state index in [1.54, 1.807) is 0 Å². The Labute approximate surface area is 166 Å². The zero-order valence-corrected chi connectivity index (χ0v) is 16.1. The highest BCUT2D eigenvalue weighted by Gasteiger charge is 2.54. The van der Waals surface area contributed by atoms with E-state index in [1.807, 2.05) is 0 Å². The van der Waals surface area contributed by atoms with Crippen LogP contribution in [-0.2, 0) is 4.79 Å². The van der Waals surface area contributed by atoms with E-state index in [4.69, 9.17) is 10.5 Å². The average molecular weight is 415 g/mol. The third-order valence-corrected chi connectivity index (χ3v) is 5.55. The van der Waals surface area contributed by atoms with Crippen molar-refractivity contribution in [1.29, 1.82) is 0 Å². The van der Waals surface area contributed by atoms with Crippen molar-refractivity contribution in [1.82, 2.24) is 0 Å². The summed E-state index contributed by atoms with van der Waals surface area (Å²) in [6.07, 6.45) is -4.40. The summed E-state index contributed by atoms with van der Waals surface area (Å²) in [7, 11) is 0. The molecule has 29 heavy (non-hydrogen) atoms. The number of benzene rings is 1. The van der Waals surface area contributed by atoms with E-state index in [0.29, 0.717) is 24.4 Å². The fourth-order valence-corrected chi connectivity index (χ4v) is 3.60. The van der Waals surface area contributed by atoms with E-state index in [0.717, 1.165) is 26.7 Å². The minimum Gasteiger partial charge on any atom is -0.486 e. The molecule has 0 aromatic heterocycles. The largest absolute Gasteiger partial charge is 0.486 e. The Morgan fingerprint density at radius 2 is 2.00 bits per heavy atom. The summed E-state index contributed by atoms with van der Waals surface area (Å²) in [4.78, 5) is 23.5. The van der Waals surface area contributed by atoms with Gasteiger partial charge in [0.2, 0.25) is 5.91 Å². The number of halogens is 3. The van der Waals surface area contributed by atoms with Crippen LogP contribution in [0, 0.1) is 11.8 Å². The number of primary amides is 1. The van der Waals surface area contributed by atoms with Gasteiger partial charge in [-0.2, -0.15) is 13.2 Å². The van der Waals surface area contributed by atoms with Gasteiger partial charge in [-0.1, -0.05) is 0 Å². The molecular formula is C19H24F3N3O4. The minimum absolute atomic E-state index is 0.124. The summed E-state index contributed by atoms with van der Waals surface area (Å²) in [5, 5.41) is 12.5. The van der Waals surface area contributed by atoms with Crippen molar-refractivity contribution < 1.29 is 32.6 Å². The molecule has 160 valence electrons. The Morgan fingerprint density at radius 3 is 2.52 bits per heavy atom. The van der Waals surface area contributed by atoms with Gasteiger partial charge >= 0.3 is 12.3 Å². The molecule has 7 nitrogen and oxygen atoms in total. The van der Waals surface area contributed by atoms with Gasteiger partial charge in [-0.15, -0.1) is 0 Å². The Bertz CT molecular complexity index is 808. The number of nitrogens with one attached hydrogen (secondary N) is 1. The predicted molar refractivity (Wildman–Crippen MR) is 100 cm³/mol. The highest BCUT2D eigenvalue weighted by Crippen LogP contribution is 2.43. The lowest BCUT2D eigenvalue weighted by molar-refractivity contribution is -0.175. The molecule has 0 unspecified atom stereocenters. The van der Waals surface area contributed by atoms with E-state index in [-0.39, 0.29) is 34.4 Å². The molecule has 4 N–H and O–H groups in total. The van der Waals surface area contributed by atoms with Crippen LogP contribution in [0.2, 0.25) is 0 Å². The molecule has 1 heterocycles. The zero-order valence-electron chi connectivity index (χ0n) is 16.1. The number of fused-ring (bicyclic) bond motifs is 1. The number of hydrogen-bond acceptors (Lipinski definition) is 4. The second kappa shape index (κ2) is 7.31. The number of nitrogens with two attached hydrogens (primary N) is 1. The summed E-state index contributed by atoms with van der Waals surface area (Å²) >= 11 is 0. The second-order valence-corrected chi connectivity index (χ2v) is 8.06. The van der Waals surface area contributed by atoms with Crippen LogP contribution < -0.4 is 20.7 Å². The van der Waals surface area contributed by atoms with Gasteiger partial charge < -0.3 is 20.9 Å². The molecule has 2 amide bonds. The number of carboxylic acid groups (broad SMARTS) is 1. The van der Waals surface area contributed by atoms with Crippen LogP contribution in [0.3, 0.4) is 0 Å². The molecule has 0 saturated heterocycles. The topological polar surface area (TPSA) is 105 Å². The molecule has 2 atom stereocenters. The molecule has 0 spiro atoms. The van der Waals surface area contributed by atoms with E-state index >= 15 is 0 Å². The van der Waals surface area contributed by atoms with E-state index in [1.165, 1.54) is 18.2 Å². The van der Waals surface area contributed by atoms with E-state index < -0.39 is 17.8 Å². The number of anilines is 2. The van der Waals surface area contributed by atoms with Crippen molar-refractivity contribution in [3.05, 3.63) is 18.2 Å². The monoisotopic (exact) mass is 415 g/mol. The van der Waals surface area contributed by atoms with Crippen LogP contribution in [-0.4, -0.2) is 41.5 Å². The van der Waals surface area contributed by atoms with Gasteiger partial charge in [-0.05, 0) is 57.2 Å². The smallest absolute Gasteiger partial charge is 0.412 e. The molecule has 10 heteroatoms. The fourth-order valence-electron chi connectivity index (χ4n) is 3.60. The number of rotatable bonds is 6. The van der Waals surface area contributed by atoms with Crippen LogP contribution in [0.1, 0.15) is 33.1 Å².